The number of carbonyl (C=O) groups is 2. The molecule has 31 heavy (non-hydrogen) atoms. The molecule has 2 aliphatic rings. The van der Waals surface area contributed by atoms with E-state index in [0.717, 1.165) is 63.5 Å². The lowest BCUT2D eigenvalue weighted by Crippen LogP contribution is -2.56. The summed E-state index contributed by atoms with van der Waals surface area (Å²) in [6.07, 6.45) is 2.10. The maximum Gasteiger partial charge on any atom is 0.254 e. The molecule has 0 saturated carbocycles. The number of Topliss-reactive ketones (excluding diaryl/α,β-unsaturated/α-hetero) is 1. The van der Waals surface area contributed by atoms with Gasteiger partial charge in [0.1, 0.15) is 5.75 Å². The number of hydrogen-bond donors (Lipinski definition) is 0. The number of anilines is 1. The summed E-state index contributed by atoms with van der Waals surface area (Å²) in [6, 6.07) is 15.7. The largest absolute Gasteiger partial charge is 0.495 e. The van der Waals surface area contributed by atoms with Crippen LogP contribution in [0.2, 0.25) is 0 Å². The van der Waals surface area contributed by atoms with Crippen molar-refractivity contribution in [3.8, 4) is 5.75 Å². The number of para-hydroxylation sites is 2. The molecule has 6 nitrogen and oxygen atoms in total. The third-order valence-corrected chi connectivity index (χ3v) is 6.48. The fourth-order valence-electron chi connectivity index (χ4n) is 4.80. The van der Waals surface area contributed by atoms with Crippen LogP contribution in [0.15, 0.2) is 48.5 Å². The summed E-state index contributed by atoms with van der Waals surface area (Å²) in [5, 5.41) is 0. The van der Waals surface area contributed by atoms with Crippen LogP contribution in [-0.2, 0) is 0 Å². The molecular formula is C25H31N3O3. The predicted molar refractivity (Wildman–Crippen MR) is 122 cm³/mol. The smallest absolute Gasteiger partial charge is 0.254 e. The van der Waals surface area contributed by atoms with Gasteiger partial charge in [0.2, 0.25) is 0 Å². The second kappa shape index (κ2) is 9.52. The van der Waals surface area contributed by atoms with E-state index in [2.05, 4.69) is 15.9 Å². The lowest BCUT2D eigenvalue weighted by molar-refractivity contribution is 0.0561. The summed E-state index contributed by atoms with van der Waals surface area (Å²) in [6.45, 7) is 6.81. The molecule has 2 aromatic rings. The van der Waals surface area contributed by atoms with Crippen molar-refractivity contribution in [1.29, 1.82) is 0 Å². The average Bonchev–Trinajstić information content (AvgIpc) is 2.83. The number of rotatable bonds is 5. The second-order valence-electron chi connectivity index (χ2n) is 8.34. The Kier molecular flexibility index (Phi) is 6.56. The van der Waals surface area contributed by atoms with Crippen LogP contribution in [0.1, 0.15) is 40.5 Å². The van der Waals surface area contributed by atoms with E-state index in [-0.39, 0.29) is 11.7 Å². The molecule has 0 aromatic heterocycles. The highest BCUT2D eigenvalue weighted by molar-refractivity contribution is 6.07. The fraction of sp³-hybridized carbons (Fsp3) is 0.440. The number of piperidine rings is 1. The Morgan fingerprint density at radius 1 is 0.903 bits per heavy atom. The molecule has 2 fully saturated rings. The highest BCUT2D eigenvalue weighted by Crippen LogP contribution is 2.29. The Morgan fingerprint density at radius 2 is 1.58 bits per heavy atom. The molecule has 2 saturated heterocycles. The van der Waals surface area contributed by atoms with E-state index in [0.29, 0.717) is 17.2 Å². The van der Waals surface area contributed by atoms with Crippen LogP contribution in [0.4, 0.5) is 5.69 Å². The van der Waals surface area contributed by atoms with E-state index < -0.39 is 0 Å². The SMILES string of the molecule is COc1ccccc1N1CCN(C2CCCN(C(=O)c3ccccc3C(C)=O)C2)CC1. The van der Waals surface area contributed by atoms with Gasteiger partial charge in [-0.1, -0.05) is 30.3 Å². The van der Waals surface area contributed by atoms with E-state index in [4.69, 9.17) is 4.74 Å². The molecular weight excluding hydrogens is 390 g/mol. The van der Waals surface area contributed by atoms with Gasteiger partial charge >= 0.3 is 0 Å². The zero-order valence-electron chi connectivity index (χ0n) is 18.4. The number of hydrogen-bond acceptors (Lipinski definition) is 5. The topological polar surface area (TPSA) is 53.1 Å². The standard InChI is InChI=1S/C25H31N3O3/c1-19(29)21-9-3-4-10-22(21)25(30)28-13-7-8-20(18-28)26-14-16-27(17-15-26)23-11-5-6-12-24(23)31-2/h3-6,9-12,20H,7-8,13-18H2,1-2H3. The zero-order valence-corrected chi connectivity index (χ0v) is 18.4. The van der Waals surface area contributed by atoms with Crippen LogP contribution in [-0.4, -0.2) is 73.9 Å². The molecule has 0 spiro atoms. The number of likely N-dealkylation sites (tertiary alicyclic amines) is 1. The summed E-state index contributed by atoms with van der Waals surface area (Å²) in [5.74, 6) is 0.822. The Morgan fingerprint density at radius 3 is 2.29 bits per heavy atom. The fourth-order valence-corrected chi connectivity index (χ4v) is 4.80. The molecule has 0 bridgehead atoms. The maximum absolute atomic E-state index is 13.2. The molecule has 0 N–H and O–H groups in total. The van der Waals surface area contributed by atoms with Crippen molar-refractivity contribution >= 4 is 17.4 Å². The summed E-state index contributed by atoms with van der Waals surface area (Å²) >= 11 is 0. The Balaban J connectivity index is 1.40. The van der Waals surface area contributed by atoms with Crippen molar-refractivity contribution in [3.63, 3.8) is 0 Å². The number of amides is 1. The number of piperazine rings is 1. The summed E-state index contributed by atoms with van der Waals surface area (Å²) in [7, 11) is 1.72. The quantitative estimate of drug-likeness (QED) is 0.694. The average molecular weight is 422 g/mol. The normalized spacial score (nSPS) is 19.9. The minimum Gasteiger partial charge on any atom is -0.495 e. The van der Waals surface area contributed by atoms with Gasteiger partial charge < -0.3 is 14.5 Å². The molecule has 164 valence electrons. The molecule has 2 heterocycles. The van der Waals surface area contributed by atoms with Gasteiger partial charge in [0.05, 0.1) is 18.4 Å². The molecule has 0 radical (unpaired) electrons. The molecule has 6 heteroatoms. The minimum atomic E-state index is -0.0648. The van der Waals surface area contributed by atoms with E-state index in [1.54, 1.807) is 19.2 Å². The van der Waals surface area contributed by atoms with Crippen molar-refractivity contribution in [3.05, 3.63) is 59.7 Å². The number of benzene rings is 2. The first kappa shape index (κ1) is 21.4. The van der Waals surface area contributed by atoms with E-state index >= 15 is 0 Å². The van der Waals surface area contributed by atoms with E-state index in [1.807, 2.05) is 35.2 Å². The number of ether oxygens (including phenoxy) is 1. The van der Waals surface area contributed by atoms with Crippen molar-refractivity contribution in [2.24, 2.45) is 0 Å². The number of carbonyl (C=O) groups excluding carboxylic acids is 2. The third kappa shape index (κ3) is 4.59. The van der Waals surface area contributed by atoms with Crippen LogP contribution in [0.5, 0.6) is 5.75 Å². The predicted octanol–water partition coefficient (Wildman–Crippen LogP) is 3.32. The molecule has 0 aliphatic carbocycles. The van der Waals surface area contributed by atoms with Crippen molar-refractivity contribution < 1.29 is 14.3 Å². The molecule has 1 atom stereocenters. The molecule has 1 amide bonds. The van der Waals surface area contributed by atoms with Crippen LogP contribution < -0.4 is 9.64 Å². The van der Waals surface area contributed by atoms with Crippen LogP contribution in [0.3, 0.4) is 0 Å². The van der Waals surface area contributed by atoms with Crippen molar-refractivity contribution in [2.45, 2.75) is 25.8 Å². The molecule has 2 aliphatic heterocycles. The van der Waals surface area contributed by atoms with Crippen molar-refractivity contribution in [2.75, 3.05) is 51.3 Å². The van der Waals surface area contributed by atoms with Crippen LogP contribution in [0, 0.1) is 0 Å². The first-order valence-electron chi connectivity index (χ1n) is 11.1. The summed E-state index contributed by atoms with van der Waals surface area (Å²) < 4.78 is 5.53. The van der Waals surface area contributed by atoms with E-state index in [9.17, 15) is 9.59 Å². The highest BCUT2D eigenvalue weighted by Gasteiger charge is 2.31. The summed E-state index contributed by atoms with van der Waals surface area (Å²) in [5.41, 5.74) is 2.18. The Hall–Kier alpha value is -2.86. The van der Waals surface area contributed by atoms with Gasteiger partial charge in [-0.2, -0.15) is 0 Å². The van der Waals surface area contributed by atoms with Crippen LogP contribution in [0.25, 0.3) is 0 Å². The van der Waals surface area contributed by atoms with Gasteiger partial charge in [0.15, 0.2) is 5.78 Å². The van der Waals surface area contributed by atoms with Gasteiger partial charge in [-0.3, -0.25) is 14.5 Å². The lowest BCUT2D eigenvalue weighted by atomic mass is 9.99. The van der Waals surface area contributed by atoms with Gasteiger partial charge in [-0.05, 0) is 38.0 Å². The highest BCUT2D eigenvalue weighted by atomic mass is 16.5. The number of nitrogens with zero attached hydrogens (tertiary/aromatic N) is 3. The Bertz CT molecular complexity index is 937. The third-order valence-electron chi connectivity index (χ3n) is 6.48. The van der Waals surface area contributed by atoms with Gasteiger partial charge in [-0.25, -0.2) is 0 Å². The van der Waals surface area contributed by atoms with Gasteiger partial charge in [0, 0.05) is 50.9 Å². The molecule has 4 rings (SSSR count). The maximum atomic E-state index is 13.2. The first-order valence-corrected chi connectivity index (χ1v) is 11.1. The molecule has 2 aromatic carbocycles. The van der Waals surface area contributed by atoms with Crippen molar-refractivity contribution in [1.82, 2.24) is 9.80 Å². The molecule has 1 unspecified atom stereocenters. The van der Waals surface area contributed by atoms with Gasteiger partial charge in [0.25, 0.3) is 5.91 Å². The summed E-state index contributed by atoms with van der Waals surface area (Å²) in [4.78, 5) is 32.0. The number of methoxy groups -OCH3 is 1. The van der Waals surface area contributed by atoms with E-state index in [1.165, 1.54) is 6.92 Å². The van der Waals surface area contributed by atoms with Gasteiger partial charge in [-0.15, -0.1) is 0 Å². The second-order valence-corrected chi connectivity index (χ2v) is 8.34. The first-order chi connectivity index (χ1) is 15.1. The monoisotopic (exact) mass is 421 g/mol. The Labute approximate surface area is 184 Å². The van der Waals surface area contributed by atoms with Crippen LogP contribution >= 0.6 is 0 Å². The minimum absolute atomic E-state index is 0.0249. The zero-order chi connectivity index (χ0) is 21.8. The lowest BCUT2D eigenvalue weighted by Gasteiger charge is -2.44. The number of ketones is 1.